The van der Waals surface area contributed by atoms with Gasteiger partial charge in [-0.1, -0.05) is 29.3 Å². The first-order valence-corrected chi connectivity index (χ1v) is 5.29. The van der Waals surface area contributed by atoms with Crippen LogP contribution in [0.4, 0.5) is 0 Å². The van der Waals surface area contributed by atoms with Crippen LogP contribution < -0.4 is 10.6 Å². The van der Waals surface area contributed by atoms with Crippen LogP contribution in [0.15, 0.2) is 18.2 Å². The van der Waals surface area contributed by atoms with Crippen LogP contribution in [0.5, 0.6) is 0 Å². The summed E-state index contributed by atoms with van der Waals surface area (Å²) >= 11 is 11.7. The molecule has 0 atom stereocenters. The monoisotopic (exact) mass is 232 g/mol. The molecule has 1 aromatic carbocycles. The summed E-state index contributed by atoms with van der Waals surface area (Å²) < 4.78 is 0. The van der Waals surface area contributed by atoms with Crippen molar-refractivity contribution in [3.8, 4) is 0 Å². The van der Waals surface area contributed by atoms with Crippen LogP contribution in [0.1, 0.15) is 5.56 Å². The van der Waals surface area contributed by atoms with E-state index in [2.05, 4.69) is 10.6 Å². The molecule has 1 rings (SSSR count). The Morgan fingerprint density at radius 3 is 2.57 bits per heavy atom. The summed E-state index contributed by atoms with van der Waals surface area (Å²) in [5.41, 5.74) is 1.15. The van der Waals surface area contributed by atoms with E-state index in [-0.39, 0.29) is 0 Å². The highest BCUT2D eigenvalue weighted by molar-refractivity contribution is 6.42. The summed E-state index contributed by atoms with van der Waals surface area (Å²) in [4.78, 5) is 0. The van der Waals surface area contributed by atoms with Crippen molar-refractivity contribution in [3.05, 3.63) is 33.8 Å². The van der Waals surface area contributed by atoms with Crippen molar-refractivity contribution in [3.63, 3.8) is 0 Å². The van der Waals surface area contributed by atoms with Gasteiger partial charge in [-0.05, 0) is 24.7 Å². The molecule has 2 N–H and O–H groups in total. The van der Waals surface area contributed by atoms with Crippen LogP contribution in [0, 0.1) is 0 Å². The zero-order valence-electron chi connectivity index (χ0n) is 8.11. The van der Waals surface area contributed by atoms with E-state index in [1.54, 1.807) is 0 Å². The van der Waals surface area contributed by atoms with Gasteiger partial charge in [0.05, 0.1) is 10.0 Å². The molecule has 0 aromatic heterocycles. The molecule has 0 amide bonds. The maximum atomic E-state index is 5.88. The van der Waals surface area contributed by atoms with Gasteiger partial charge in [0, 0.05) is 19.6 Å². The summed E-state index contributed by atoms with van der Waals surface area (Å²) in [5.74, 6) is 0. The van der Waals surface area contributed by atoms with Gasteiger partial charge in [0.2, 0.25) is 0 Å². The number of hydrogen-bond acceptors (Lipinski definition) is 2. The van der Waals surface area contributed by atoms with Crippen molar-refractivity contribution in [2.75, 3.05) is 20.1 Å². The molecule has 0 heterocycles. The van der Waals surface area contributed by atoms with Gasteiger partial charge >= 0.3 is 0 Å². The smallest absolute Gasteiger partial charge is 0.0595 e. The minimum atomic E-state index is 0.602. The van der Waals surface area contributed by atoms with E-state index in [0.717, 1.165) is 25.2 Å². The number of hydrogen-bond donors (Lipinski definition) is 2. The standard InChI is InChI=1S/C10H14Cl2N2/c1-13-4-5-14-7-8-2-3-9(11)10(12)6-8/h2-3,6,13-14H,4-5,7H2,1H3. The molecule has 0 saturated heterocycles. The molecule has 78 valence electrons. The third-order valence-electron chi connectivity index (χ3n) is 1.86. The third-order valence-corrected chi connectivity index (χ3v) is 2.60. The maximum absolute atomic E-state index is 5.88. The number of rotatable bonds is 5. The number of nitrogens with one attached hydrogen (secondary N) is 2. The highest BCUT2D eigenvalue weighted by atomic mass is 35.5. The topological polar surface area (TPSA) is 24.1 Å². The second-order valence-corrected chi connectivity index (χ2v) is 3.84. The third kappa shape index (κ3) is 3.84. The van der Waals surface area contributed by atoms with E-state index in [0.29, 0.717) is 10.0 Å². The maximum Gasteiger partial charge on any atom is 0.0595 e. The largest absolute Gasteiger partial charge is 0.318 e. The van der Waals surface area contributed by atoms with Gasteiger partial charge in [-0.15, -0.1) is 0 Å². The Hall–Kier alpha value is -0.280. The average Bonchev–Trinajstić information content (AvgIpc) is 2.18. The molecule has 0 saturated carbocycles. The molecular weight excluding hydrogens is 219 g/mol. The van der Waals surface area contributed by atoms with Gasteiger partial charge in [0.15, 0.2) is 0 Å². The van der Waals surface area contributed by atoms with Crippen molar-refractivity contribution < 1.29 is 0 Å². The second-order valence-electron chi connectivity index (χ2n) is 3.03. The van der Waals surface area contributed by atoms with Gasteiger partial charge in [0.1, 0.15) is 0 Å². The zero-order chi connectivity index (χ0) is 10.4. The number of halogens is 2. The number of benzene rings is 1. The number of likely N-dealkylation sites (N-methyl/N-ethyl adjacent to an activating group) is 1. The van der Waals surface area contributed by atoms with Crippen LogP contribution in [0.2, 0.25) is 10.0 Å². The molecule has 14 heavy (non-hydrogen) atoms. The van der Waals surface area contributed by atoms with E-state index < -0.39 is 0 Å². The van der Waals surface area contributed by atoms with Crippen molar-refractivity contribution >= 4 is 23.2 Å². The Bertz CT molecular complexity index is 289. The average molecular weight is 233 g/mol. The summed E-state index contributed by atoms with van der Waals surface area (Å²) in [7, 11) is 1.93. The van der Waals surface area contributed by atoms with Crippen molar-refractivity contribution in [2.45, 2.75) is 6.54 Å². The summed E-state index contributed by atoms with van der Waals surface area (Å²) in [5, 5.41) is 7.56. The molecule has 0 spiro atoms. The molecule has 0 fully saturated rings. The minimum absolute atomic E-state index is 0.602. The first-order valence-electron chi connectivity index (χ1n) is 4.53. The lowest BCUT2D eigenvalue weighted by Gasteiger charge is -2.05. The molecule has 0 aliphatic carbocycles. The van der Waals surface area contributed by atoms with Crippen LogP contribution in [0.3, 0.4) is 0 Å². The second kappa shape index (κ2) is 6.25. The Kier molecular flexibility index (Phi) is 5.26. The summed E-state index contributed by atoms with van der Waals surface area (Å²) in [6.07, 6.45) is 0. The predicted octanol–water partition coefficient (Wildman–Crippen LogP) is 2.30. The van der Waals surface area contributed by atoms with E-state index in [1.807, 2.05) is 25.2 Å². The Morgan fingerprint density at radius 2 is 1.93 bits per heavy atom. The van der Waals surface area contributed by atoms with E-state index in [9.17, 15) is 0 Å². The van der Waals surface area contributed by atoms with Gasteiger partial charge in [0.25, 0.3) is 0 Å². The molecule has 0 aliphatic rings. The van der Waals surface area contributed by atoms with Crippen molar-refractivity contribution in [1.82, 2.24) is 10.6 Å². The highest BCUT2D eigenvalue weighted by Gasteiger charge is 1.98. The van der Waals surface area contributed by atoms with Gasteiger partial charge < -0.3 is 10.6 Å². The lowest BCUT2D eigenvalue weighted by atomic mass is 10.2. The molecule has 0 radical (unpaired) electrons. The lowest BCUT2D eigenvalue weighted by Crippen LogP contribution is -2.24. The summed E-state index contributed by atoms with van der Waals surface area (Å²) in [6, 6.07) is 5.68. The molecule has 0 aliphatic heterocycles. The zero-order valence-corrected chi connectivity index (χ0v) is 9.62. The predicted molar refractivity (Wildman–Crippen MR) is 62.1 cm³/mol. The van der Waals surface area contributed by atoms with Gasteiger partial charge in [-0.2, -0.15) is 0 Å². The van der Waals surface area contributed by atoms with E-state index in [4.69, 9.17) is 23.2 Å². The SMILES string of the molecule is CNCCNCc1ccc(Cl)c(Cl)c1. The van der Waals surface area contributed by atoms with Crippen LogP contribution in [0.25, 0.3) is 0 Å². The van der Waals surface area contributed by atoms with E-state index in [1.165, 1.54) is 0 Å². The first kappa shape index (κ1) is 11.8. The van der Waals surface area contributed by atoms with E-state index >= 15 is 0 Å². The Labute approximate surface area is 94.6 Å². The molecule has 2 nitrogen and oxygen atoms in total. The minimum Gasteiger partial charge on any atom is -0.318 e. The fraction of sp³-hybridized carbons (Fsp3) is 0.400. The van der Waals surface area contributed by atoms with Crippen molar-refractivity contribution in [2.24, 2.45) is 0 Å². The Morgan fingerprint density at radius 1 is 1.14 bits per heavy atom. The van der Waals surface area contributed by atoms with Crippen LogP contribution >= 0.6 is 23.2 Å². The fourth-order valence-corrected chi connectivity index (χ4v) is 1.42. The van der Waals surface area contributed by atoms with Crippen LogP contribution in [-0.2, 0) is 6.54 Å². The summed E-state index contributed by atoms with van der Waals surface area (Å²) in [6.45, 7) is 2.72. The molecule has 1 aromatic rings. The van der Waals surface area contributed by atoms with Crippen LogP contribution in [-0.4, -0.2) is 20.1 Å². The highest BCUT2D eigenvalue weighted by Crippen LogP contribution is 2.22. The Balaban J connectivity index is 2.39. The lowest BCUT2D eigenvalue weighted by molar-refractivity contribution is 0.651. The fourth-order valence-electron chi connectivity index (χ4n) is 1.10. The molecular formula is C10H14Cl2N2. The first-order chi connectivity index (χ1) is 6.74. The quantitative estimate of drug-likeness (QED) is 0.762. The van der Waals surface area contributed by atoms with Gasteiger partial charge in [-0.3, -0.25) is 0 Å². The van der Waals surface area contributed by atoms with Crippen molar-refractivity contribution in [1.29, 1.82) is 0 Å². The normalized spacial score (nSPS) is 10.5. The molecule has 0 bridgehead atoms. The molecule has 4 heteroatoms. The van der Waals surface area contributed by atoms with Gasteiger partial charge in [-0.25, -0.2) is 0 Å². The molecule has 0 unspecified atom stereocenters.